The summed E-state index contributed by atoms with van der Waals surface area (Å²) < 4.78 is 10.2. The fourth-order valence-corrected chi connectivity index (χ4v) is 2.99. The molecule has 0 aliphatic heterocycles. The van der Waals surface area contributed by atoms with Crippen LogP contribution in [0.4, 0.5) is 0 Å². The van der Waals surface area contributed by atoms with E-state index in [9.17, 15) is 14.4 Å². The van der Waals surface area contributed by atoms with E-state index in [0.29, 0.717) is 11.1 Å². The predicted molar refractivity (Wildman–Crippen MR) is 93.9 cm³/mol. The Bertz CT molecular complexity index is 711. The molecule has 0 bridgehead atoms. The topological polar surface area (TPSA) is 69.7 Å². The maximum absolute atomic E-state index is 12.5. The van der Waals surface area contributed by atoms with Crippen molar-refractivity contribution in [2.75, 3.05) is 13.2 Å². The molecule has 0 unspecified atom stereocenters. The zero-order valence-electron chi connectivity index (χ0n) is 14.5. The molecule has 0 atom stereocenters. The first-order valence-electron chi connectivity index (χ1n) is 8.25. The summed E-state index contributed by atoms with van der Waals surface area (Å²) in [6.07, 6.45) is 2.87. The zero-order valence-corrected chi connectivity index (χ0v) is 14.5. The summed E-state index contributed by atoms with van der Waals surface area (Å²) >= 11 is 0. The van der Waals surface area contributed by atoms with Crippen molar-refractivity contribution in [2.45, 2.75) is 26.7 Å². The number of carbonyl (C=O) groups is 3. The molecule has 25 heavy (non-hydrogen) atoms. The van der Waals surface area contributed by atoms with Gasteiger partial charge >= 0.3 is 11.9 Å². The van der Waals surface area contributed by atoms with Crippen molar-refractivity contribution in [1.29, 1.82) is 0 Å². The monoisotopic (exact) mass is 342 g/mol. The summed E-state index contributed by atoms with van der Waals surface area (Å²) in [6, 6.07) is 7.11. The lowest BCUT2D eigenvalue weighted by molar-refractivity contribution is -0.171. The van der Waals surface area contributed by atoms with Gasteiger partial charge in [-0.15, -0.1) is 0 Å². The highest BCUT2D eigenvalue weighted by Gasteiger charge is 2.53. The summed E-state index contributed by atoms with van der Waals surface area (Å²) in [4.78, 5) is 36.2. The molecule has 1 aliphatic carbocycles. The Balaban J connectivity index is 2.42. The van der Waals surface area contributed by atoms with E-state index >= 15 is 0 Å². The number of carbonyl (C=O) groups excluding carboxylic acids is 3. The molecule has 2 rings (SSSR count). The first kappa shape index (κ1) is 18.6. The smallest absolute Gasteiger partial charge is 0.324 e. The zero-order chi connectivity index (χ0) is 18.4. The van der Waals surface area contributed by atoms with Crippen LogP contribution in [0.25, 0.3) is 6.08 Å². The highest BCUT2D eigenvalue weighted by molar-refractivity contribution is 6.02. The third-order valence-corrected chi connectivity index (χ3v) is 4.25. The Kier molecular flexibility index (Phi) is 5.91. The summed E-state index contributed by atoms with van der Waals surface area (Å²) in [5.74, 6) is -1.19. The maximum Gasteiger partial charge on any atom is 0.324 e. The van der Waals surface area contributed by atoms with Crippen molar-refractivity contribution in [3.05, 3.63) is 53.1 Å². The number of rotatable bonds is 6. The van der Waals surface area contributed by atoms with Gasteiger partial charge in [-0.05, 0) is 37.8 Å². The average Bonchev–Trinajstić information content (AvgIpc) is 2.94. The molecule has 1 aromatic carbocycles. The van der Waals surface area contributed by atoms with Crippen molar-refractivity contribution in [1.82, 2.24) is 0 Å². The predicted octanol–water partition coefficient (Wildman–Crippen LogP) is 3.35. The summed E-state index contributed by atoms with van der Waals surface area (Å²) in [5, 5.41) is 0. The number of esters is 2. The van der Waals surface area contributed by atoms with Gasteiger partial charge in [0, 0.05) is 5.56 Å². The Hall–Kier alpha value is -2.69. The van der Waals surface area contributed by atoms with Crippen LogP contribution in [0.5, 0.6) is 0 Å². The molecule has 0 heterocycles. The largest absolute Gasteiger partial charge is 0.465 e. The number of allylic oxidation sites excluding steroid dienone is 2. The fraction of sp³-hybridized carbons (Fsp3) is 0.350. The second kappa shape index (κ2) is 7.92. The minimum absolute atomic E-state index is 0.149. The first-order valence-corrected chi connectivity index (χ1v) is 8.25. The lowest BCUT2D eigenvalue weighted by atomic mass is 9.85. The van der Waals surface area contributed by atoms with E-state index in [1.807, 2.05) is 6.07 Å². The Morgan fingerprint density at radius 1 is 1.08 bits per heavy atom. The van der Waals surface area contributed by atoms with E-state index in [2.05, 4.69) is 6.58 Å². The molecule has 0 amide bonds. The molecular weight excluding hydrogens is 320 g/mol. The van der Waals surface area contributed by atoms with Crippen LogP contribution in [0.2, 0.25) is 0 Å². The lowest BCUT2D eigenvalue weighted by Gasteiger charge is -2.23. The third kappa shape index (κ3) is 3.71. The van der Waals surface area contributed by atoms with Crippen LogP contribution in [0.1, 0.15) is 42.6 Å². The van der Waals surface area contributed by atoms with Crippen LogP contribution in [0.3, 0.4) is 0 Å². The van der Waals surface area contributed by atoms with E-state index in [-0.39, 0.29) is 26.1 Å². The molecule has 0 saturated heterocycles. The number of aldehydes is 1. The highest BCUT2D eigenvalue weighted by atomic mass is 16.6. The van der Waals surface area contributed by atoms with E-state index in [0.717, 1.165) is 17.4 Å². The number of hydrogen-bond acceptors (Lipinski definition) is 5. The van der Waals surface area contributed by atoms with Crippen LogP contribution in [0, 0.1) is 5.41 Å². The third-order valence-electron chi connectivity index (χ3n) is 4.25. The van der Waals surface area contributed by atoms with Gasteiger partial charge < -0.3 is 9.47 Å². The minimum atomic E-state index is -1.40. The highest BCUT2D eigenvalue weighted by Crippen LogP contribution is 2.47. The van der Waals surface area contributed by atoms with E-state index in [1.165, 1.54) is 0 Å². The molecule has 5 nitrogen and oxygen atoms in total. The van der Waals surface area contributed by atoms with Gasteiger partial charge in [-0.1, -0.05) is 42.5 Å². The van der Waals surface area contributed by atoms with Crippen molar-refractivity contribution < 1.29 is 23.9 Å². The van der Waals surface area contributed by atoms with Gasteiger partial charge in [0.15, 0.2) is 11.7 Å². The van der Waals surface area contributed by atoms with E-state index in [1.54, 1.807) is 38.1 Å². The van der Waals surface area contributed by atoms with Gasteiger partial charge in [0.1, 0.15) is 0 Å². The number of hydrogen-bond donors (Lipinski definition) is 0. The lowest BCUT2D eigenvalue weighted by Crippen LogP contribution is -2.39. The van der Waals surface area contributed by atoms with Crippen molar-refractivity contribution >= 4 is 24.3 Å². The Labute approximate surface area is 147 Å². The van der Waals surface area contributed by atoms with Gasteiger partial charge in [0.05, 0.1) is 13.2 Å². The molecule has 1 aromatic rings. The molecule has 5 heteroatoms. The molecule has 0 aromatic heterocycles. The van der Waals surface area contributed by atoms with Crippen molar-refractivity contribution in [3.63, 3.8) is 0 Å². The van der Waals surface area contributed by atoms with Gasteiger partial charge in [-0.25, -0.2) is 0 Å². The molecule has 132 valence electrons. The van der Waals surface area contributed by atoms with Crippen LogP contribution in [0.15, 0.2) is 42.0 Å². The molecule has 1 fully saturated rings. The van der Waals surface area contributed by atoms with Crippen molar-refractivity contribution in [3.8, 4) is 0 Å². The maximum atomic E-state index is 12.5. The van der Waals surface area contributed by atoms with E-state index < -0.39 is 17.4 Å². The van der Waals surface area contributed by atoms with Gasteiger partial charge in [0.25, 0.3) is 0 Å². The number of benzene rings is 1. The second-order valence-corrected chi connectivity index (χ2v) is 5.90. The average molecular weight is 342 g/mol. The Morgan fingerprint density at radius 2 is 1.64 bits per heavy atom. The Morgan fingerprint density at radius 3 is 2.16 bits per heavy atom. The summed E-state index contributed by atoms with van der Waals surface area (Å²) in [5.41, 5.74) is 1.27. The molecule has 1 saturated carbocycles. The van der Waals surface area contributed by atoms with Crippen LogP contribution in [-0.4, -0.2) is 31.4 Å². The molecule has 0 radical (unpaired) electrons. The SMILES string of the molecule is C=C1CC(C(=O)OCC)(C(=O)OCC)C/C1=C/c1ccccc1C=O. The molecule has 0 spiro atoms. The summed E-state index contributed by atoms with van der Waals surface area (Å²) in [7, 11) is 0. The standard InChI is InChI=1S/C20H22O5/c1-4-24-18(22)20(19(23)25-5-2)11-14(3)17(12-20)10-15-8-6-7-9-16(15)13-21/h6-10,13H,3-5,11-12H2,1-2H3/b17-10-. The second-order valence-electron chi connectivity index (χ2n) is 5.90. The number of ether oxygens (including phenoxy) is 2. The quantitative estimate of drug-likeness (QED) is 0.450. The van der Waals surface area contributed by atoms with Gasteiger partial charge in [-0.2, -0.15) is 0 Å². The summed E-state index contributed by atoms with van der Waals surface area (Å²) in [6.45, 7) is 7.74. The molecular formula is C20H22O5. The fourth-order valence-electron chi connectivity index (χ4n) is 2.99. The van der Waals surface area contributed by atoms with Gasteiger partial charge in [-0.3, -0.25) is 14.4 Å². The minimum Gasteiger partial charge on any atom is -0.465 e. The molecule has 1 aliphatic rings. The normalized spacial score (nSPS) is 17.4. The van der Waals surface area contributed by atoms with Crippen LogP contribution in [-0.2, 0) is 19.1 Å². The van der Waals surface area contributed by atoms with Crippen molar-refractivity contribution in [2.24, 2.45) is 5.41 Å². The van der Waals surface area contributed by atoms with Crippen LogP contribution < -0.4 is 0 Å². The van der Waals surface area contributed by atoms with Crippen LogP contribution >= 0.6 is 0 Å². The first-order chi connectivity index (χ1) is 12.0. The van der Waals surface area contributed by atoms with Gasteiger partial charge in [0.2, 0.25) is 0 Å². The van der Waals surface area contributed by atoms with E-state index in [4.69, 9.17) is 9.47 Å². The molecule has 0 N–H and O–H groups in total.